The van der Waals surface area contributed by atoms with Crippen LogP contribution >= 0.6 is 0 Å². The molecule has 0 bridgehead atoms. The number of rotatable bonds is 5. The normalized spacial score (nSPS) is 18.4. The Labute approximate surface area is 111 Å². The number of hydrogen-bond donors (Lipinski definition) is 2. The number of aliphatic hydroxyl groups is 1. The highest BCUT2D eigenvalue weighted by molar-refractivity contribution is 5.88. The largest absolute Gasteiger partial charge is 0.478 e. The van der Waals surface area contributed by atoms with E-state index in [0.717, 1.165) is 32.6 Å². The number of carboxylic acids is 1. The van der Waals surface area contributed by atoms with Crippen molar-refractivity contribution in [2.45, 2.75) is 13.0 Å². The zero-order valence-corrected chi connectivity index (χ0v) is 10.8. The third kappa shape index (κ3) is 3.76. The minimum absolute atomic E-state index is 0.136. The second-order valence-corrected chi connectivity index (χ2v) is 4.66. The van der Waals surface area contributed by atoms with Crippen LogP contribution in [0.25, 0.3) is 0 Å². The van der Waals surface area contributed by atoms with Crippen molar-refractivity contribution < 1.29 is 19.5 Å². The smallest absolute Gasteiger partial charge is 0.341 e. The number of hydrogen-bond acceptors (Lipinski definition) is 6. The lowest BCUT2D eigenvalue weighted by atomic mass is 10.2. The molecule has 0 amide bonds. The SMILES string of the molecule is O=C(O)c1cnoc1CN1CCCN(CCO)CC1. The molecule has 0 saturated carbocycles. The Morgan fingerprint density at radius 1 is 1.32 bits per heavy atom. The van der Waals surface area contributed by atoms with Crippen LogP contribution in [-0.4, -0.2) is 70.5 Å². The molecule has 1 aliphatic rings. The van der Waals surface area contributed by atoms with Gasteiger partial charge in [0.25, 0.3) is 0 Å². The second kappa shape index (κ2) is 6.65. The Hall–Kier alpha value is -1.44. The van der Waals surface area contributed by atoms with Gasteiger partial charge in [0.15, 0.2) is 5.76 Å². The van der Waals surface area contributed by atoms with Gasteiger partial charge in [0.05, 0.1) is 19.3 Å². The zero-order chi connectivity index (χ0) is 13.7. The number of nitrogens with zero attached hydrogens (tertiary/aromatic N) is 3. The number of aromatic nitrogens is 1. The Kier molecular flexibility index (Phi) is 4.89. The van der Waals surface area contributed by atoms with Crippen LogP contribution in [0.4, 0.5) is 0 Å². The van der Waals surface area contributed by atoms with E-state index in [2.05, 4.69) is 15.0 Å². The summed E-state index contributed by atoms with van der Waals surface area (Å²) in [6.45, 7) is 4.88. The van der Waals surface area contributed by atoms with Gasteiger partial charge in [-0.15, -0.1) is 0 Å². The van der Waals surface area contributed by atoms with Crippen molar-refractivity contribution in [1.82, 2.24) is 15.0 Å². The van der Waals surface area contributed by atoms with Gasteiger partial charge in [-0.3, -0.25) is 9.80 Å². The molecule has 0 spiro atoms. The minimum Gasteiger partial charge on any atom is -0.478 e. The number of carbonyl (C=O) groups is 1. The molecule has 2 heterocycles. The molecular formula is C12H19N3O4. The van der Waals surface area contributed by atoms with Gasteiger partial charge < -0.3 is 14.7 Å². The van der Waals surface area contributed by atoms with E-state index in [1.807, 2.05) is 0 Å². The summed E-state index contributed by atoms with van der Waals surface area (Å²) < 4.78 is 5.02. The van der Waals surface area contributed by atoms with Crippen LogP contribution in [0.2, 0.25) is 0 Å². The van der Waals surface area contributed by atoms with E-state index >= 15 is 0 Å². The highest BCUT2D eigenvalue weighted by Gasteiger charge is 2.20. The van der Waals surface area contributed by atoms with Crippen LogP contribution in [0.1, 0.15) is 22.5 Å². The first-order valence-corrected chi connectivity index (χ1v) is 6.43. The number of aliphatic hydroxyl groups excluding tert-OH is 1. The van der Waals surface area contributed by atoms with Crippen molar-refractivity contribution >= 4 is 5.97 Å². The quantitative estimate of drug-likeness (QED) is 0.769. The summed E-state index contributed by atoms with van der Waals surface area (Å²) in [7, 11) is 0. The van der Waals surface area contributed by atoms with Gasteiger partial charge in [0.1, 0.15) is 5.56 Å². The predicted molar refractivity (Wildman–Crippen MR) is 66.9 cm³/mol. The van der Waals surface area contributed by atoms with E-state index in [0.29, 0.717) is 18.8 Å². The summed E-state index contributed by atoms with van der Waals surface area (Å²) in [5.74, 6) is -0.601. The van der Waals surface area contributed by atoms with E-state index in [4.69, 9.17) is 14.7 Å². The van der Waals surface area contributed by atoms with Crippen molar-refractivity contribution in [3.8, 4) is 0 Å². The van der Waals surface area contributed by atoms with E-state index < -0.39 is 5.97 Å². The van der Waals surface area contributed by atoms with E-state index in [9.17, 15) is 4.79 Å². The molecule has 2 N–H and O–H groups in total. The molecule has 1 aliphatic heterocycles. The number of β-amino-alcohol motifs (C(OH)–C–C–N with tert-alkyl or cyclic N) is 1. The van der Waals surface area contributed by atoms with Crippen molar-refractivity contribution in [3.63, 3.8) is 0 Å². The second-order valence-electron chi connectivity index (χ2n) is 4.66. The third-order valence-electron chi connectivity index (χ3n) is 3.34. The zero-order valence-electron chi connectivity index (χ0n) is 10.8. The maximum Gasteiger partial charge on any atom is 0.341 e. The van der Waals surface area contributed by atoms with Crippen LogP contribution in [-0.2, 0) is 6.54 Å². The van der Waals surface area contributed by atoms with Gasteiger partial charge >= 0.3 is 5.97 Å². The predicted octanol–water partition coefficient (Wildman–Crippen LogP) is -0.127. The standard InChI is InChI=1S/C12H19N3O4/c16-7-6-14-2-1-3-15(5-4-14)9-11-10(12(17)18)8-13-19-11/h8,16H,1-7,9H2,(H,17,18). The van der Waals surface area contributed by atoms with Crippen LogP contribution < -0.4 is 0 Å². The summed E-state index contributed by atoms with van der Waals surface area (Å²) in [6, 6.07) is 0. The van der Waals surface area contributed by atoms with Gasteiger partial charge in [-0.2, -0.15) is 0 Å². The topological polar surface area (TPSA) is 90.0 Å². The van der Waals surface area contributed by atoms with Crippen LogP contribution in [0.15, 0.2) is 10.7 Å². The summed E-state index contributed by atoms with van der Waals surface area (Å²) in [6.07, 6.45) is 2.24. The highest BCUT2D eigenvalue weighted by Crippen LogP contribution is 2.13. The molecule has 1 fully saturated rings. The molecule has 7 nitrogen and oxygen atoms in total. The molecule has 7 heteroatoms. The summed E-state index contributed by atoms with van der Waals surface area (Å²) in [4.78, 5) is 15.3. The molecule has 19 heavy (non-hydrogen) atoms. The monoisotopic (exact) mass is 269 g/mol. The van der Waals surface area contributed by atoms with Gasteiger partial charge in [-0.05, 0) is 19.5 Å². The molecular weight excluding hydrogens is 250 g/mol. The first-order valence-electron chi connectivity index (χ1n) is 6.43. The first kappa shape index (κ1) is 14.0. The lowest BCUT2D eigenvalue weighted by Crippen LogP contribution is -2.32. The van der Waals surface area contributed by atoms with E-state index in [1.165, 1.54) is 6.20 Å². The van der Waals surface area contributed by atoms with Crippen LogP contribution in [0, 0.1) is 0 Å². The molecule has 2 rings (SSSR count). The molecule has 1 aromatic rings. The summed E-state index contributed by atoms with van der Waals surface area (Å²) in [5.41, 5.74) is 0.136. The van der Waals surface area contributed by atoms with Gasteiger partial charge in [0, 0.05) is 19.6 Å². The molecule has 1 aromatic heterocycles. The number of aromatic carboxylic acids is 1. The first-order chi connectivity index (χ1) is 9.20. The Morgan fingerprint density at radius 2 is 2.05 bits per heavy atom. The highest BCUT2D eigenvalue weighted by atomic mass is 16.5. The molecule has 0 atom stereocenters. The molecule has 0 unspecified atom stereocenters. The van der Waals surface area contributed by atoms with Crippen molar-refractivity contribution in [2.24, 2.45) is 0 Å². The van der Waals surface area contributed by atoms with Crippen LogP contribution in [0.3, 0.4) is 0 Å². The Balaban J connectivity index is 1.92. The maximum absolute atomic E-state index is 11.0. The van der Waals surface area contributed by atoms with E-state index in [-0.39, 0.29) is 12.2 Å². The van der Waals surface area contributed by atoms with Crippen LogP contribution in [0.5, 0.6) is 0 Å². The lowest BCUT2D eigenvalue weighted by molar-refractivity contribution is 0.0692. The van der Waals surface area contributed by atoms with Gasteiger partial charge in [0.2, 0.25) is 0 Å². The maximum atomic E-state index is 11.0. The molecule has 1 saturated heterocycles. The molecule has 0 aliphatic carbocycles. The molecule has 106 valence electrons. The Morgan fingerprint density at radius 3 is 2.79 bits per heavy atom. The van der Waals surface area contributed by atoms with Gasteiger partial charge in [-0.1, -0.05) is 5.16 Å². The molecule has 0 radical (unpaired) electrons. The van der Waals surface area contributed by atoms with Crippen molar-refractivity contribution in [2.75, 3.05) is 39.3 Å². The molecule has 0 aromatic carbocycles. The third-order valence-corrected chi connectivity index (χ3v) is 3.34. The van der Waals surface area contributed by atoms with E-state index in [1.54, 1.807) is 0 Å². The van der Waals surface area contributed by atoms with Gasteiger partial charge in [-0.25, -0.2) is 4.79 Å². The fourth-order valence-electron chi connectivity index (χ4n) is 2.30. The summed E-state index contributed by atoms with van der Waals surface area (Å²) in [5, 5.41) is 21.5. The number of carboxylic acid groups (broad SMARTS) is 1. The van der Waals surface area contributed by atoms with Crippen molar-refractivity contribution in [3.05, 3.63) is 17.5 Å². The average molecular weight is 269 g/mol. The average Bonchev–Trinajstić information content (AvgIpc) is 2.72. The minimum atomic E-state index is -1.01. The lowest BCUT2D eigenvalue weighted by Gasteiger charge is -2.20. The van der Waals surface area contributed by atoms with Crippen molar-refractivity contribution in [1.29, 1.82) is 0 Å². The Bertz CT molecular complexity index is 421. The summed E-state index contributed by atoms with van der Waals surface area (Å²) >= 11 is 0. The fourth-order valence-corrected chi connectivity index (χ4v) is 2.30. The fraction of sp³-hybridized carbons (Fsp3) is 0.667.